The van der Waals surface area contributed by atoms with Gasteiger partial charge in [-0.2, -0.15) is 0 Å². The van der Waals surface area contributed by atoms with Crippen LogP contribution in [0.4, 0.5) is 0 Å². The van der Waals surface area contributed by atoms with Gasteiger partial charge in [0.25, 0.3) is 0 Å². The molecule has 0 aromatic heterocycles. The van der Waals surface area contributed by atoms with Gasteiger partial charge in [0.2, 0.25) is 0 Å². The van der Waals surface area contributed by atoms with Crippen LogP contribution in [0.5, 0.6) is 0 Å². The van der Waals surface area contributed by atoms with Crippen molar-refractivity contribution in [2.75, 3.05) is 6.54 Å². The molecule has 1 nitrogen and oxygen atoms in total. The Morgan fingerprint density at radius 3 is 2.50 bits per heavy atom. The van der Waals surface area contributed by atoms with Gasteiger partial charge in [-0.15, -0.1) is 0 Å². The standard InChI is InChI=1S/C9H19N/c1-4-9-5-8(6-10-9)7(2)3/h7-10H,4-6H2,1-3H3. The minimum absolute atomic E-state index is 0.812. The zero-order chi connectivity index (χ0) is 7.56. The van der Waals surface area contributed by atoms with Crippen molar-refractivity contribution in [3.8, 4) is 0 Å². The van der Waals surface area contributed by atoms with Crippen molar-refractivity contribution in [3.05, 3.63) is 0 Å². The third kappa shape index (κ3) is 1.72. The molecular formula is C9H19N. The molecule has 10 heavy (non-hydrogen) atoms. The summed E-state index contributed by atoms with van der Waals surface area (Å²) in [6.45, 7) is 8.16. The lowest BCUT2D eigenvalue weighted by atomic mass is 9.93. The summed E-state index contributed by atoms with van der Waals surface area (Å²) in [6.07, 6.45) is 2.69. The van der Waals surface area contributed by atoms with E-state index in [1.807, 2.05) is 0 Å². The monoisotopic (exact) mass is 141 g/mol. The smallest absolute Gasteiger partial charge is 0.00677 e. The second-order valence-electron chi connectivity index (χ2n) is 3.75. The average Bonchev–Trinajstić information content (AvgIpc) is 2.34. The molecule has 0 saturated carbocycles. The fourth-order valence-electron chi connectivity index (χ4n) is 1.67. The third-order valence-electron chi connectivity index (χ3n) is 2.69. The lowest BCUT2D eigenvalue weighted by molar-refractivity contribution is 0.409. The van der Waals surface area contributed by atoms with Crippen molar-refractivity contribution in [2.24, 2.45) is 11.8 Å². The van der Waals surface area contributed by atoms with E-state index in [2.05, 4.69) is 26.1 Å². The van der Waals surface area contributed by atoms with Gasteiger partial charge in [0.15, 0.2) is 0 Å². The van der Waals surface area contributed by atoms with E-state index in [0.29, 0.717) is 0 Å². The van der Waals surface area contributed by atoms with E-state index in [9.17, 15) is 0 Å². The van der Waals surface area contributed by atoms with Gasteiger partial charge in [0.05, 0.1) is 0 Å². The molecule has 1 fully saturated rings. The fourth-order valence-corrected chi connectivity index (χ4v) is 1.67. The largest absolute Gasteiger partial charge is 0.314 e. The molecule has 60 valence electrons. The van der Waals surface area contributed by atoms with Crippen LogP contribution < -0.4 is 5.32 Å². The lowest BCUT2D eigenvalue weighted by Gasteiger charge is -2.11. The third-order valence-corrected chi connectivity index (χ3v) is 2.69. The van der Waals surface area contributed by atoms with Crippen LogP contribution in [0.1, 0.15) is 33.6 Å². The van der Waals surface area contributed by atoms with Crippen molar-refractivity contribution in [1.82, 2.24) is 5.32 Å². The minimum Gasteiger partial charge on any atom is -0.314 e. The summed E-state index contributed by atoms with van der Waals surface area (Å²) >= 11 is 0. The normalized spacial score (nSPS) is 33.6. The first kappa shape index (κ1) is 8.06. The zero-order valence-corrected chi connectivity index (χ0v) is 7.35. The van der Waals surface area contributed by atoms with Crippen LogP contribution in [0, 0.1) is 11.8 Å². The summed E-state index contributed by atoms with van der Waals surface area (Å²) in [6, 6.07) is 0.812. The second-order valence-corrected chi connectivity index (χ2v) is 3.75. The first-order chi connectivity index (χ1) is 4.74. The molecule has 0 aromatic rings. The molecule has 0 spiro atoms. The number of hydrogen-bond donors (Lipinski definition) is 1. The molecule has 2 unspecified atom stereocenters. The molecule has 1 aliphatic heterocycles. The van der Waals surface area contributed by atoms with Crippen molar-refractivity contribution < 1.29 is 0 Å². The molecule has 1 saturated heterocycles. The van der Waals surface area contributed by atoms with Crippen LogP contribution in [0.15, 0.2) is 0 Å². The molecule has 1 rings (SSSR count). The molecule has 0 aliphatic carbocycles. The molecule has 2 atom stereocenters. The first-order valence-corrected chi connectivity index (χ1v) is 4.47. The van der Waals surface area contributed by atoms with Gasteiger partial charge >= 0.3 is 0 Å². The first-order valence-electron chi connectivity index (χ1n) is 4.47. The number of nitrogens with one attached hydrogen (secondary N) is 1. The van der Waals surface area contributed by atoms with Crippen LogP contribution in [-0.4, -0.2) is 12.6 Å². The van der Waals surface area contributed by atoms with Gasteiger partial charge in [-0.1, -0.05) is 20.8 Å². The molecule has 0 radical (unpaired) electrons. The Kier molecular flexibility index (Phi) is 2.72. The Hall–Kier alpha value is -0.0400. The maximum absolute atomic E-state index is 3.54. The van der Waals surface area contributed by atoms with Crippen molar-refractivity contribution in [3.63, 3.8) is 0 Å². The average molecular weight is 141 g/mol. The van der Waals surface area contributed by atoms with Crippen LogP contribution >= 0.6 is 0 Å². The molecule has 1 heterocycles. The SMILES string of the molecule is CCC1CC(C(C)C)CN1. The van der Waals surface area contributed by atoms with Crippen LogP contribution in [-0.2, 0) is 0 Å². The Morgan fingerprint density at radius 1 is 1.50 bits per heavy atom. The van der Waals surface area contributed by atoms with Gasteiger partial charge in [0.1, 0.15) is 0 Å². The zero-order valence-electron chi connectivity index (χ0n) is 7.35. The molecule has 1 heteroatoms. The lowest BCUT2D eigenvalue weighted by Crippen LogP contribution is -2.20. The van der Waals surface area contributed by atoms with Crippen molar-refractivity contribution in [1.29, 1.82) is 0 Å². The molecule has 0 bridgehead atoms. The molecule has 0 aromatic carbocycles. The van der Waals surface area contributed by atoms with Crippen LogP contribution in [0.3, 0.4) is 0 Å². The van der Waals surface area contributed by atoms with Gasteiger partial charge in [-0.05, 0) is 31.2 Å². The summed E-state index contributed by atoms with van der Waals surface area (Å²) < 4.78 is 0. The maximum atomic E-state index is 3.54. The second kappa shape index (κ2) is 3.38. The summed E-state index contributed by atoms with van der Waals surface area (Å²) in [4.78, 5) is 0. The predicted octanol–water partition coefficient (Wildman–Crippen LogP) is 2.03. The Balaban J connectivity index is 2.28. The molecular weight excluding hydrogens is 122 g/mol. The summed E-state index contributed by atoms with van der Waals surface area (Å²) in [7, 11) is 0. The summed E-state index contributed by atoms with van der Waals surface area (Å²) in [5, 5.41) is 3.54. The summed E-state index contributed by atoms with van der Waals surface area (Å²) in [5.41, 5.74) is 0. The molecule has 1 N–H and O–H groups in total. The highest BCUT2D eigenvalue weighted by Crippen LogP contribution is 2.22. The van der Waals surface area contributed by atoms with E-state index < -0.39 is 0 Å². The maximum Gasteiger partial charge on any atom is 0.00677 e. The Labute approximate surface area is 64.2 Å². The van der Waals surface area contributed by atoms with Gasteiger partial charge in [-0.25, -0.2) is 0 Å². The van der Waals surface area contributed by atoms with E-state index in [0.717, 1.165) is 17.9 Å². The van der Waals surface area contributed by atoms with E-state index in [1.165, 1.54) is 19.4 Å². The minimum atomic E-state index is 0.812. The van der Waals surface area contributed by atoms with E-state index in [-0.39, 0.29) is 0 Å². The van der Waals surface area contributed by atoms with Crippen molar-refractivity contribution in [2.45, 2.75) is 39.7 Å². The van der Waals surface area contributed by atoms with Gasteiger partial charge in [-0.3, -0.25) is 0 Å². The predicted molar refractivity (Wildman–Crippen MR) is 45.0 cm³/mol. The molecule has 0 amide bonds. The van der Waals surface area contributed by atoms with E-state index >= 15 is 0 Å². The van der Waals surface area contributed by atoms with Crippen molar-refractivity contribution >= 4 is 0 Å². The van der Waals surface area contributed by atoms with Gasteiger partial charge < -0.3 is 5.32 Å². The highest BCUT2D eigenvalue weighted by molar-refractivity contribution is 4.81. The number of rotatable bonds is 2. The van der Waals surface area contributed by atoms with Crippen LogP contribution in [0.2, 0.25) is 0 Å². The summed E-state index contributed by atoms with van der Waals surface area (Å²) in [5.74, 6) is 1.80. The Morgan fingerprint density at radius 2 is 2.20 bits per heavy atom. The van der Waals surface area contributed by atoms with E-state index in [1.54, 1.807) is 0 Å². The highest BCUT2D eigenvalue weighted by atomic mass is 14.9. The topological polar surface area (TPSA) is 12.0 Å². The quantitative estimate of drug-likeness (QED) is 0.620. The Bertz CT molecular complexity index is 98.9. The van der Waals surface area contributed by atoms with Crippen LogP contribution in [0.25, 0.3) is 0 Å². The van der Waals surface area contributed by atoms with E-state index in [4.69, 9.17) is 0 Å². The number of hydrogen-bond acceptors (Lipinski definition) is 1. The van der Waals surface area contributed by atoms with Gasteiger partial charge in [0, 0.05) is 6.04 Å². The fraction of sp³-hybridized carbons (Fsp3) is 1.00. The molecule has 1 aliphatic rings. The highest BCUT2D eigenvalue weighted by Gasteiger charge is 2.24.